The molecule has 49 heavy (non-hydrogen) atoms. The van der Waals surface area contributed by atoms with Crippen molar-refractivity contribution in [3.8, 4) is 5.75 Å². The molecule has 2 aromatic heterocycles. The summed E-state index contributed by atoms with van der Waals surface area (Å²) in [4.78, 5) is 21.6. The van der Waals surface area contributed by atoms with E-state index in [1.165, 1.54) is 60.3 Å². The first-order valence-electron chi connectivity index (χ1n) is 15.1. The van der Waals surface area contributed by atoms with Gasteiger partial charge in [-0.1, -0.05) is 29.8 Å². The first kappa shape index (κ1) is 35.1. The lowest BCUT2D eigenvalue weighted by molar-refractivity contribution is -0.157. The molecule has 2 aromatic carbocycles. The normalized spacial score (nSPS) is 24.7. The molecule has 13 nitrogen and oxygen atoms in total. The molecule has 5 N–H and O–H groups in total. The van der Waals surface area contributed by atoms with Gasteiger partial charge in [-0.25, -0.2) is 14.5 Å². The lowest BCUT2D eigenvalue weighted by Gasteiger charge is -2.41. The minimum Gasteiger partial charge on any atom is -0.459 e. The van der Waals surface area contributed by atoms with Crippen LogP contribution in [-0.2, 0) is 36.1 Å². The summed E-state index contributed by atoms with van der Waals surface area (Å²) >= 11 is 5.99. The Morgan fingerprint density at radius 3 is 2.57 bits per heavy atom. The smallest absolute Gasteiger partial charge is 0.459 e. The third kappa shape index (κ3) is 6.99. The number of nitrogens with zero attached hydrogens (tertiary/aromatic N) is 3. The summed E-state index contributed by atoms with van der Waals surface area (Å²) in [6, 6.07) is 12.1. The molecule has 3 heterocycles. The second-order valence-corrected chi connectivity index (χ2v) is 14.1. The summed E-state index contributed by atoms with van der Waals surface area (Å²) in [5, 5.41) is 26.0. The zero-order chi connectivity index (χ0) is 35.2. The van der Waals surface area contributed by atoms with Crippen LogP contribution in [0.25, 0.3) is 11.0 Å². The Hall–Kier alpha value is -3.76. The van der Waals surface area contributed by atoms with Gasteiger partial charge in [-0.05, 0) is 62.6 Å². The number of nitrogen functional groups attached to an aromatic ring is 1. The number of nitrogens with two attached hydrogens (primary N) is 1. The molecule has 0 spiro atoms. The number of anilines is 1. The van der Waals surface area contributed by atoms with Crippen LogP contribution in [-0.4, -0.2) is 60.7 Å². The summed E-state index contributed by atoms with van der Waals surface area (Å²) in [5.74, 6) is -0.725. The maximum Gasteiger partial charge on any atom is 0.459 e. The number of alkyl halides is 3. The molecule has 1 aliphatic heterocycles. The van der Waals surface area contributed by atoms with E-state index in [0.717, 1.165) is 6.07 Å². The van der Waals surface area contributed by atoms with E-state index in [-0.39, 0.29) is 30.0 Å². The average molecular weight is 726 g/mol. The van der Waals surface area contributed by atoms with Gasteiger partial charge in [0, 0.05) is 16.8 Å². The van der Waals surface area contributed by atoms with Crippen LogP contribution < -0.4 is 15.3 Å². The number of nitrogens with one attached hydrogen (secondary N) is 1. The summed E-state index contributed by atoms with van der Waals surface area (Å²) < 4.78 is 79.3. The zero-order valence-electron chi connectivity index (χ0n) is 25.8. The van der Waals surface area contributed by atoms with Crippen LogP contribution in [0, 0.1) is 0 Å². The number of aliphatic hydroxyl groups excluding tert-OH is 1. The molecule has 18 heteroatoms. The fourth-order valence-electron chi connectivity index (χ4n) is 5.80. The van der Waals surface area contributed by atoms with Crippen molar-refractivity contribution >= 4 is 42.2 Å². The van der Waals surface area contributed by atoms with E-state index in [1.54, 1.807) is 12.3 Å². The number of esters is 1. The van der Waals surface area contributed by atoms with E-state index in [1.807, 2.05) is 0 Å². The van der Waals surface area contributed by atoms with E-state index < -0.39 is 68.2 Å². The third-order valence-corrected chi connectivity index (χ3v) is 10.5. The number of carbonyl (C=O) groups excluding carboxylic acids is 1. The maximum absolute atomic E-state index is 14.4. The SMILES string of the molecule is C[C@]1(O)C(n2ccc3c(N)ncnc32)OC(COP(=O)(NC2(C(=O)OCc3ccccc3C(F)(F)F)CCC2)Oc2ccc(Cl)cc2)[C@H]1O. The Kier molecular flexibility index (Phi) is 9.43. The number of hydrogen-bond donors (Lipinski definition) is 4. The van der Waals surface area contributed by atoms with Crippen molar-refractivity contribution in [3.63, 3.8) is 0 Å². The molecular weight excluding hydrogens is 694 g/mol. The Bertz CT molecular complexity index is 1890. The average Bonchev–Trinajstić information content (AvgIpc) is 3.56. The zero-order valence-corrected chi connectivity index (χ0v) is 27.5. The number of benzene rings is 2. The topological polar surface area (TPSA) is 180 Å². The standard InChI is InChI=1S/C31H32ClF3N5O8P/c1-29(43)24(41)23(47-27(29)40-14-11-21-25(36)37-17-38-26(21)40)16-46-49(44,48-20-9-7-19(32)8-10-20)39-30(12-4-13-30)28(42)45-15-18-5-2-3-6-22(18)31(33,34)35/h2-3,5-11,14,17,23-24,27,41,43H,4,12-13,15-16H2,1H3,(H,39,44)(H2,36,37,38)/t23?,24-,27?,29-,49?/m1/s1. The Balaban J connectivity index is 1.22. The van der Waals surface area contributed by atoms with Gasteiger partial charge in [-0.15, -0.1) is 0 Å². The highest BCUT2D eigenvalue weighted by molar-refractivity contribution is 7.52. The van der Waals surface area contributed by atoms with Crippen LogP contribution in [0.4, 0.5) is 19.0 Å². The molecule has 0 amide bonds. The predicted molar refractivity (Wildman–Crippen MR) is 169 cm³/mol. The number of ether oxygens (including phenoxy) is 2. The monoisotopic (exact) mass is 725 g/mol. The van der Waals surface area contributed by atoms with Gasteiger partial charge in [-0.3, -0.25) is 9.32 Å². The minimum atomic E-state index is -4.67. The number of fused-ring (bicyclic) bond motifs is 1. The van der Waals surface area contributed by atoms with Crippen molar-refractivity contribution in [2.75, 3.05) is 12.3 Å². The molecule has 2 fully saturated rings. The first-order chi connectivity index (χ1) is 23.1. The quantitative estimate of drug-likeness (QED) is 0.118. The molecule has 5 atom stereocenters. The number of carbonyl (C=O) groups is 1. The van der Waals surface area contributed by atoms with E-state index in [4.69, 9.17) is 35.9 Å². The number of rotatable bonds is 11. The van der Waals surface area contributed by atoms with Gasteiger partial charge in [0.2, 0.25) is 0 Å². The Labute approximate surface area is 282 Å². The van der Waals surface area contributed by atoms with Crippen LogP contribution in [0.2, 0.25) is 5.02 Å². The molecule has 1 aliphatic carbocycles. The van der Waals surface area contributed by atoms with E-state index in [0.29, 0.717) is 22.5 Å². The lowest BCUT2D eigenvalue weighted by Crippen LogP contribution is -2.57. The molecule has 0 bridgehead atoms. The highest BCUT2D eigenvalue weighted by Gasteiger charge is 2.55. The van der Waals surface area contributed by atoms with Gasteiger partial charge in [0.15, 0.2) is 6.23 Å². The number of aliphatic hydroxyl groups is 2. The molecule has 262 valence electrons. The fraction of sp³-hybridized carbons (Fsp3) is 0.387. The molecule has 4 aromatic rings. The number of hydrogen-bond acceptors (Lipinski definition) is 11. The van der Waals surface area contributed by atoms with E-state index in [2.05, 4.69) is 15.1 Å². The van der Waals surface area contributed by atoms with Crippen molar-refractivity contribution in [1.29, 1.82) is 0 Å². The molecule has 6 rings (SSSR count). The van der Waals surface area contributed by atoms with Crippen LogP contribution in [0.1, 0.15) is 43.5 Å². The molecule has 1 saturated heterocycles. The van der Waals surface area contributed by atoms with Gasteiger partial charge >= 0.3 is 19.9 Å². The Morgan fingerprint density at radius 1 is 1.18 bits per heavy atom. The van der Waals surface area contributed by atoms with Crippen LogP contribution >= 0.6 is 19.3 Å². The van der Waals surface area contributed by atoms with Crippen LogP contribution in [0.15, 0.2) is 67.1 Å². The Morgan fingerprint density at radius 2 is 1.90 bits per heavy atom. The van der Waals surface area contributed by atoms with Gasteiger partial charge in [0.25, 0.3) is 0 Å². The van der Waals surface area contributed by atoms with Gasteiger partial charge in [-0.2, -0.15) is 18.3 Å². The van der Waals surface area contributed by atoms with Crippen LogP contribution in [0.5, 0.6) is 5.75 Å². The lowest BCUT2D eigenvalue weighted by atomic mass is 9.78. The van der Waals surface area contributed by atoms with Crippen molar-refractivity contribution in [3.05, 3.63) is 83.3 Å². The van der Waals surface area contributed by atoms with Crippen LogP contribution in [0.3, 0.4) is 0 Å². The summed E-state index contributed by atoms with van der Waals surface area (Å²) in [6.07, 6.45) is -5.21. The predicted octanol–water partition coefficient (Wildman–Crippen LogP) is 5.15. The summed E-state index contributed by atoms with van der Waals surface area (Å²) in [6.45, 7) is 0.0491. The maximum atomic E-state index is 14.4. The van der Waals surface area contributed by atoms with Gasteiger partial charge < -0.3 is 34.5 Å². The van der Waals surface area contributed by atoms with Crippen molar-refractivity contribution in [1.82, 2.24) is 19.6 Å². The second-order valence-electron chi connectivity index (χ2n) is 12.0. The largest absolute Gasteiger partial charge is 0.459 e. The fourth-order valence-corrected chi connectivity index (χ4v) is 7.67. The van der Waals surface area contributed by atoms with E-state index >= 15 is 0 Å². The van der Waals surface area contributed by atoms with Crippen molar-refractivity contribution < 1.29 is 51.3 Å². The van der Waals surface area contributed by atoms with E-state index in [9.17, 15) is 32.7 Å². The van der Waals surface area contributed by atoms with Gasteiger partial charge in [0.1, 0.15) is 53.5 Å². The van der Waals surface area contributed by atoms with Gasteiger partial charge in [0.05, 0.1) is 17.6 Å². The molecule has 1 saturated carbocycles. The highest BCUT2D eigenvalue weighted by Crippen LogP contribution is 2.52. The number of halogens is 4. The minimum absolute atomic E-state index is 0.0380. The number of aromatic nitrogens is 3. The molecule has 2 aliphatic rings. The third-order valence-electron chi connectivity index (χ3n) is 8.63. The highest BCUT2D eigenvalue weighted by atomic mass is 35.5. The molecule has 3 unspecified atom stereocenters. The first-order valence-corrected chi connectivity index (χ1v) is 17.0. The summed E-state index contributed by atoms with van der Waals surface area (Å²) in [5.41, 5.74) is 1.52. The molecule has 0 radical (unpaired) electrons. The second kappa shape index (κ2) is 13.2. The summed E-state index contributed by atoms with van der Waals surface area (Å²) in [7, 11) is -4.57. The van der Waals surface area contributed by atoms with Crippen molar-refractivity contribution in [2.45, 2.75) is 68.5 Å². The van der Waals surface area contributed by atoms with Crippen molar-refractivity contribution in [2.24, 2.45) is 0 Å². The molecular formula is C31H32ClF3N5O8P.